The molecule has 0 spiro atoms. The second-order valence-electron chi connectivity index (χ2n) is 19.5. The fourth-order valence-electron chi connectivity index (χ4n) is 10.3. The van der Waals surface area contributed by atoms with Crippen LogP contribution >= 0.6 is 35.0 Å². The lowest BCUT2D eigenvalue weighted by Crippen LogP contribution is -2.52. The Morgan fingerprint density at radius 3 is 1.67 bits per heavy atom. The van der Waals surface area contributed by atoms with Gasteiger partial charge in [0.25, 0.3) is 35.2 Å². The molecule has 0 saturated carbocycles. The molecule has 2 aliphatic rings. The van der Waals surface area contributed by atoms with Crippen molar-refractivity contribution in [1.29, 1.82) is 0 Å². The minimum absolute atomic E-state index is 0.0851. The molecule has 8 heterocycles. The van der Waals surface area contributed by atoms with Gasteiger partial charge in [0, 0.05) is 85.8 Å². The summed E-state index contributed by atoms with van der Waals surface area (Å²) < 4.78 is 20.2. The van der Waals surface area contributed by atoms with Gasteiger partial charge >= 0.3 is 5.82 Å². The minimum Gasteiger partial charge on any atom is -0.494 e. The number of halogens is 2. The van der Waals surface area contributed by atoms with Gasteiger partial charge in [-0.3, -0.25) is 28.8 Å². The smallest absolute Gasteiger partial charge is 0.333 e. The summed E-state index contributed by atoms with van der Waals surface area (Å²) in [5.74, 6) is -0.528. The third-order valence-corrected chi connectivity index (χ3v) is 16.0. The van der Waals surface area contributed by atoms with E-state index in [0.29, 0.717) is 78.6 Å². The Kier molecular flexibility index (Phi) is 15.6. The van der Waals surface area contributed by atoms with Crippen LogP contribution in [0.2, 0.25) is 5.02 Å². The molecule has 0 bridgehead atoms. The van der Waals surface area contributed by atoms with Crippen LogP contribution in [-0.2, 0) is 28.0 Å². The number of ketones is 2. The number of rotatable bonds is 16. The summed E-state index contributed by atoms with van der Waals surface area (Å²) in [6.07, 6.45) is 9.47. The van der Waals surface area contributed by atoms with E-state index in [1.807, 2.05) is 39.5 Å². The van der Waals surface area contributed by atoms with E-state index in [0.717, 1.165) is 10.5 Å². The van der Waals surface area contributed by atoms with Crippen molar-refractivity contribution >= 4 is 92.0 Å². The summed E-state index contributed by atoms with van der Waals surface area (Å²) in [4.78, 5) is 105. The van der Waals surface area contributed by atoms with Crippen molar-refractivity contribution in [1.82, 2.24) is 63.2 Å². The number of thioether (sulfide) groups is 1. The number of nitrogens with zero attached hydrogens (tertiary/aromatic N) is 14. The SMILES string of the molecule is COc1cnc(-n2cnc(C)n2)c2c1c(C(=O)C(=O)N1CCN(C(=O)c3ccc(C[n+]4cc(OC)c5c(C(=O)C(=O)N6CCN(C(=O)c7ccccc7)CC6)cn(CCl)c5c4-n4cnc(C)n4)cc3)CC1)cn2CSc1ccc(Cl)cc1. The van der Waals surface area contributed by atoms with Gasteiger partial charge in [-0.1, -0.05) is 51.7 Å². The van der Waals surface area contributed by atoms with Crippen molar-refractivity contribution in [3.05, 3.63) is 161 Å². The number of alkyl halides is 1. The number of ether oxygens (including phenoxy) is 2. The van der Waals surface area contributed by atoms with E-state index < -0.39 is 23.4 Å². The molecule has 2 fully saturated rings. The molecule has 0 aliphatic carbocycles. The molecule has 9 aromatic rings. The number of Topliss-reactive ketones (excluding diaryl/α,β-unsaturated/α-hetero) is 2. The Labute approximate surface area is 483 Å². The molecule has 11 rings (SSSR count). The Morgan fingerprint density at radius 2 is 1.13 bits per heavy atom. The molecular formula is C57H53Cl2N14O8S+. The lowest BCUT2D eigenvalue weighted by molar-refractivity contribution is -0.682. The molecule has 0 N–H and O–H groups in total. The molecule has 22 nitrogen and oxygen atoms in total. The lowest BCUT2D eigenvalue weighted by Gasteiger charge is -2.34. The first-order valence-corrected chi connectivity index (χ1v) is 27.9. The van der Waals surface area contributed by atoms with E-state index in [1.165, 1.54) is 53.0 Å². The highest BCUT2D eigenvalue weighted by molar-refractivity contribution is 7.98. The van der Waals surface area contributed by atoms with E-state index in [4.69, 9.17) is 32.7 Å². The van der Waals surface area contributed by atoms with Gasteiger partial charge in [0.1, 0.15) is 36.2 Å². The van der Waals surface area contributed by atoms with Gasteiger partial charge in [0.15, 0.2) is 17.4 Å². The standard InChI is InChI=1S/C57H53Cl2N14O8S/c1-35-61-32-72(63-35)52-48-46(44(80-3)26-60-52)43(29-71(48)34-82-41-16-14-40(59)15-17-41)51(75)57(79)68-24-20-66(21-25-68)55(77)39-12-10-37(11-13-39)27-69-30-45(81-4)47-42(28-70(31-58)49(47)53(69)73-33-62-36(2)64-73)50(74)56(78)67-22-18-65(19-23-67)54(76)38-8-6-5-7-9-38/h5-17,26,28-30,32-33H,18-25,27,31,34H2,1-4H3/q+1. The van der Waals surface area contributed by atoms with Crippen molar-refractivity contribution in [3.8, 4) is 23.1 Å². The first-order chi connectivity index (χ1) is 39.7. The van der Waals surface area contributed by atoms with Crippen molar-refractivity contribution in [3.63, 3.8) is 0 Å². The number of benzene rings is 3. The van der Waals surface area contributed by atoms with Crippen LogP contribution in [0.1, 0.15) is 58.6 Å². The number of amides is 4. The minimum atomic E-state index is -0.760. The molecule has 3 aromatic carbocycles. The van der Waals surface area contributed by atoms with E-state index >= 15 is 0 Å². The zero-order valence-corrected chi connectivity index (χ0v) is 47.3. The molecule has 2 aliphatic heterocycles. The summed E-state index contributed by atoms with van der Waals surface area (Å²) in [6, 6.07) is 23.3. The monoisotopic (exact) mass is 1160 g/mol. The maximum absolute atomic E-state index is 14.4. The summed E-state index contributed by atoms with van der Waals surface area (Å²) in [6.45, 7) is 5.21. The normalized spacial score (nSPS) is 13.7. The number of pyridine rings is 2. The largest absolute Gasteiger partial charge is 0.494 e. The van der Waals surface area contributed by atoms with Gasteiger partial charge in [-0.05, 0) is 67.9 Å². The third-order valence-electron chi connectivity index (χ3n) is 14.5. The average molecular weight is 1170 g/mol. The van der Waals surface area contributed by atoms with Crippen LogP contribution < -0.4 is 14.0 Å². The van der Waals surface area contributed by atoms with Crippen molar-refractivity contribution in [2.45, 2.75) is 37.2 Å². The van der Waals surface area contributed by atoms with Crippen LogP contribution in [0.15, 0.2) is 121 Å². The molecule has 0 atom stereocenters. The summed E-state index contributed by atoms with van der Waals surface area (Å²) in [5.41, 5.74) is 2.95. The highest BCUT2D eigenvalue weighted by Gasteiger charge is 2.36. The molecule has 418 valence electrons. The predicted octanol–water partition coefficient (Wildman–Crippen LogP) is 6.06. The zero-order chi connectivity index (χ0) is 57.3. The number of hydrogen-bond acceptors (Lipinski definition) is 14. The number of aryl methyl sites for hydroxylation is 2. The molecular weight excluding hydrogens is 1110 g/mol. The number of methoxy groups -OCH3 is 2. The molecule has 4 amide bonds. The first kappa shape index (κ1) is 55.0. The highest BCUT2D eigenvalue weighted by Crippen LogP contribution is 2.37. The Morgan fingerprint density at radius 1 is 0.610 bits per heavy atom. The number of aromatic nitrogens is 10. The van der Waals surface area contributed by atoms with Crippen LogP contribution in [0.4, 0.5) is 0 Å². The molecule has 0 radical (unpaired) electrons. The van der Waals surface area contributed by atoms with Gasteiger partial charge in [0.2, 0.25) is 6.33 Å². The second-order valence-corrected chi connectivity index (χ2v) is 21.2. The number of hydrogen-bond donors (Lipinski definition) is 0. The lowest BCUT2D eigenvalue weighted by atomic mass is 10.1. The Balaban J connectivity index is 0.796. The van der Waals surface area contributed by atoms with Crippen LogP contribution in [0.3, 0.4) is 0 Å². The van der Waals surface area contributed by atoms with Gasteiger partial charge in [0.05, 0.1) is 59.7 Å². The quantitative estimate of drug-likeness (QED) is 0.0353. The maximum Gasteiger partial charge on any atom is 0.333 e. The fraction of sp³-hybridized carbons (Fsp3) is 0.263. The van der Waals surface area contributed by atoms with E-state index in [1.54, 1.807) is 106 Å². The molecule has 2 saturated heterocycles. The van der Waals surface area contributed by atoms with Gasteiger partial charge in [-0.15, -0.1) is 23.4 Å². The van der Waals surface area contributed by atoms with Crippen molar-refractivity contribution in [2.24, 2.45) is 0 Å². The summed E-state index contributed by atoms with van der Waals surface area (Å²) >= 11 is 14.3. The first-order valence-electron chi connectivity index (χ1n) is 26.0. The number of carbonyl (C=O) groups is 6. The van der Waals surface area contributed by atoms with E-state index in [9.17, 15) is 28.8 Å². The molecule has 6 aromatic heterocycles. The summed E-state index contributed by atoms with van der Waals surface area (Å²) in [7, 11) is 2.95. The van der Waals surface area contributed by atoms with Crippen LogP contribution in [0, 0.1) is 13.8 Å². The Hall–Kier alpha value is -8.93. The van der Waals surface area contributed by atoms with Crippen LogP contribution in [-0.4, -0.2) is 165 Å². The van der Waals surface area contributed by atoms with Crippen molar-refractivity contribution < 1.29 is 42.8 Å². The third kappa shape index (κ3) is 10.6. The van der Waals surface area contributed by atoms with Gasteiger partial charge in [-0.25, -0.2) is 19.2 Å². The number of carbonyl (C=O) groups excluding carboxylic acids is 6. The molecule has 82 heavy (non-hydrogen) atoms. The highest BCUT2D eigenvalue weighted by atomic mass is 35.5. The van der Waals surface area contributed by atoms with E-state index in [-0.39, 0.29) is 87.8 Å². The number of fused-ring (bicyclic) bond motifs is 2. The average Bonchev–Trinajstić information content (AvgIpc) is 2.56. The van der Waals surface area contributed by atoms with Crippen molar-refractivity contribution in [2.75, 3.05) is 66.6 Å². The molecule has 0 unspecified atom stereocenters. The topological polar surface area (TPSA) is 222 Å². The number of piperazine rings is 2. The second kappa shape index (κ2) is 23.3. The van der Waals surface area contributed by atoms with Gasteiger partial charge < -0.3 is 38.2 Å². The fourth-order valence-corrected chi connectivity index (χ4v) is 11.5. The van der Waals surface area contributed by atoms with Crippen LogP contribution in [0.5, 0.6) is 11.5 Å². The Bertz CT molecular complexity index is 3960. The van der Waals surface area contributed by atoms with Gasteiger partial charge in [-0.2, -0.15) is 10.1 Å². The summed E-state index contributed by atoms with van der Waals surface area (Å²) in [5, 5.41) is 10.5. The maximum atomic E-state index is 14.4. The van der Waals surface area contributed by atoms with E-state index in [2.05, 4.69) is 25.1 Å². The van der Waals surface area contributed by atoms with Crippen LogP contribution in [0.25, 0.3) is 33.4 Å². The predicted molar refractivity (Wildman–Crippen MR) is 303 cm³/mol. The zero-order valence-electron chi connectivity index (χ0n) is 44.9. The molecule has 25 heteroatoms.